The SMILES string of the molecule is CCC[C@@H](C)c1nc(C(N)=O)c2[nH]c(=O)n(-c3ccc(C(C)(C)C)cc3)c2n1. The number of fused-ring (bicyclic) bond motifs is 1. The zero-order chi connectivity index (χ0) is 20.6. The molecule has 0 fully saturated rings. The smallest absolute Gasteiger partial charge is 0.332 e. The van der Waals surface area contributed by atoms with Gasteiger partial charge in [0.05, 0.1) is 5.69 Å². The van der Waals surface area contributed by atoms with Crippen molar-refractivity contribution in [3.05, 3.63) is 51.8 Å². The lowest BCUT2D eigenvalue weighted by Gasteiger charge is -2.19. The van der Waals surface area contributed by atoms with Gasteiger partial charge in [0.25, 0.3) is 5.91 Å². The Hall–Kier alpha value is -2.96. The lowest BCUT2D eigenvalue weighted by atomic mass is 9.87. The van der Waals surface area contributed by atoms with Crippen LogP contribution in [-0.4, -0.2) is 25.4 Å². The number of imidazole rings is 1. The van der Waals surface area contributed by atoms with Crippen molar-refractivity contribution in [1.29, 1.82) is 0 Å². The molecule has 1 atom stereocenters. The van der Waals surface area contributed by atoms with E-state index in [2.05, 4.69) is 42.6 Å². The van der Waals surface area contributed by atoms with Crippen molar-refractivity contribution in [3.8, 4) is 5.69 Å². The third-order valence-corrected chi connectivity index (χ3v) is 4.94. The first kappa shape index (κ1) is 19.8. The number of benzene rings is 1. The molecule has 3 N–H and O–H groups in total. The van der Waals surface area contributed by atoms with Gasteiger partial charge in [-0.15, -0.1) is 0 Å². The van der Waals surface area contributed by atoms with Gasteiger partial charge in [0.15, 0.2) is 11.3 Å². The van der Waals surface area contributed by atoms with Crippen LogP contribution in [-0.2, 0) is 5.41 Å². The second-order valence-electron chi connectivity index (χ2n) is 8.25. The highest BCUT2D eigenvalue weighted by molar-refractivity contribution is 6.01. The minimum atomic E-state index is -0.686. The van der Waals surface area contributed by atoms with Gasteiger partial charge < -0.3 is 10.7 Å². The molecule has 0 aliphatic rings. The number of amides is 1. The first-order chi connectivity index (χ1) is 13.1. The van der Waals surface area contributed by atoms with Crippen LogP contribution in [0.3, 0.4) is 0 Å². The van der Waals surface area contributed by atoms with Crippen molar-refractivity contribution in [1.82, 2.24) is 19.5 Å². The summed E-state index contributed by atoms with van der Waals surface area (Å²) in [6.45, 7) is 10.5. The molecule has 0 unspecified atom stereocenters. The Balaban J connectivity index is 2.24. The monoisotopic (exact) mass is 381 g/mol. The minimum Gasteiger partial charge on any atom is -0.364 e. The van der Waals surface area contributed by atoms with Crippen LogP contribution in [0.5, 0.6) is 0 Å². The first-order valence-corrected chi connectivity index (χ1v) is 9.56. The van der Waals surface area contributed by atoms with Crippen LogP contribution < -0.4 is 11.4 Å². The van der Waals surface area contributed by atoms with Gasteiger partial charge in [-0.2, -0.15) is 0 Å². The van der Waals surface area contributed by atoms with Gasteiger partial charge in [0, 0.05) is 5.92 Å². The molecule has 0 aliphatic heterocycles. The van der Waals surface area contributed by atoms with Gasteiger partial charge >= 0.3 is 5.69 Å². The number of nitrogens with two attached hydrogens (primary N) is 1. The highest BCUT2D eigenvalue weighted by Gasteiger charge is 2.22. The Morgan fingerprint density at radius 2 is 1.86 bits per heavy atom. The summed E-state index contributed by atoms with van der Waals surface area (Å²) in [6.07, 6.45) is 1.83. The van der Waals surface area contributed by atoms with Crippen molar-refractivity contribution in [2.45, 2.75) is 58.8 Å². The molecule has 1 aromatic carbocycles. The van der Waals surface area contributed by atoms with Gasteiger partial charge in [-0.25, -0.2) is 19.3 Å². The molecular weight excluding hydrogens is 354 g/mol. The molecule has 0 radical (unpaired) electrons. The average molecular weight is 381 g/mol. The zero-order valence-electron chi connectivity index (χ0n) is 17.0. The van der Waals surface area contributed by atoms with Crippen LogP contribution in [0.15, 0.2) is 29.1 Å². The van der Waals surface area contributed by atoms with Gasteiger partial charge in [0.2, 0.25) is 0 Å². The van der Waals surface area contributed by atoms with Crippen molar-refractivity contribution in [2.24, 2.45) is 5.73 Å². The molecule has 148 valence electrons. The summed E-state index contributed by atoms with van der Waals surface area (Å²) >= 11 is 0. The third kappa shape index (κ3) is 3.56. The first-order valence-electron chi connectivity index (χ1n) is 9.56. The van der Waals surface area contributed by atoms with E-state index in [9.17, 15) is 9.59 Å². The summed E-state index contributed by atoms with van der Waals surface area (Å²) in [5, 5.41) is 0. The summed E-state index contributed by atoms with van der Waals surface area (Å²) in [5.74, 6) is -0.120. The highest BCUT2D eigenvalue weighted by atomic mass is 16.2. The number of primary amides is 1. The lowest BCUT2D eigenvalue weighted by molar-refractivity contribution is 0.0996. The number of rotatable bonds is 5. The maximum Gasteiger partial charge on any atom is 0.332 e. The predicted octanol–water partition coefficient (Wildman–Crippen LogP) is 3.41. The number of nitrogens with one attached hydrogen (secondary N) is 1. The Kier molecular flexibility index (Phi) is 5.10. The standard InChI is InChI=1S/C21H27N5O2/c1-6-7-12(2)18-23-15(17(22)27)16-19(25-18)26(20(28)24-16)14-10-8-13(9-11-14)21(3,4)5/h8-12H,6-7H2,1-5H3,(H2,22,27)(H,24,28)/t12-/m1/s1. The molecular formula is C21H27N5O2. The third-order valence-electron chi connectivity index (χ3n) is 4.94. The van der Waals surface area contributed by atoms with E-state index in [1.165, 1.54) is 4.57 Å². The predicted molar refractivity (Wildman–Crippen MR) is 110 cm³/mol. The van der Waals surface area contributed by atoms with Crippen LogP contribution in [0.25, 0.3) is 16.9 Å². The lowest BCUT2D eigenvalue weighted by Crippen LogP contribution is -2.17. The Bertz CT molecular complexity index is 1070. The average Bonchev–Trinajstić information content (AvgIpc) is 2.96. The number of aromatic amines is 1. The molecule has 3 aromatic rings. The van der Waals surface area contributed by atoms with E-state index in [0.29, 0.717) is 17.2 Å². The van der Waals surface area contributed by atoms with Crippen LogP contribution in [0.1, 0.15) is 75.3 Å². The second-order valence-corrected chi connectivity index (χ2v) is 8.25. The molecule has 7 nitrogen and oxygen atoms in total. The molecule has 0 spiro atoms. The van der Waals surface area contributed by atoms with Crippen LogP contribution >= 0.6 is 0 Å². The van der Waals surface area contributed by atoms with E-state index in [0.717, 1.165) is 18.4 Å². The van der Waals surface area contributed by atoms with Crippen molar-refractivity contribution >= 4 is 17.1 Å². The summed E-state index contributed by atoms with van der Waals surface area (Å²) in [4.78, 5) is 36.3. The molecule has 0 bridgehead atoms. The van der Waals surface area contributed by atoms with Crippen LogP contribution in [0, 0.1) is 0 Å². The number of carbonyl (C=O) groups excluding carboxylic acids is 1. The highest BCUT2D eigenvalue weighted by Crippen LogP contribution is 2.25. The summed E-state index contributed by atoms with van der Waals surface area (Å²) in [7, 11) is 0. The fourth-order valence-corrected chi connectivity index (χ4v) is 3.31. The molecule has 0 saturated heterocycles. The zero-order valence-corrected chi connectivity index (χ0v) is 17.0. The molecule has 3 rings (SSSR count). The molecule has 2 aromatic heterocycles. The van der Waals surface area contributed by atoms with E-state index in [1.807, 2.05) is 31.2 Å². The van der Waals surface area contributed by atoms with Gasteiger partial charge in [0.1, 0.15) is 11.3 Å². The molecule has 28 heavy (non-hydrogen) atoms. The van der Waals surface area contributed by atoms with Crippen molar-refractivity contribution in [3.63, 3.8) is 0 Å². The van der Waals surface area contributed by atoms with E-state index in [1.54, 1.807) is 0 Å². The normalized spacial score (nSPS) is 13.0. The largest absolute Gasteiger partial charge is 0.364 e. The van der Waals surface area contributed by atoms with Crippen molar-refractivity contribution in [2.75, 3.05) is 0 Å². The molecule has 7 heteroatoms. The van der Waals surface area contributed by atoms with Gasteiger partial charge in [-0.1, -0.05) is 53.2 Å². The summed E-state index contributed by atoms with van der Waals surface area (Å²) < 4.78 is 1.47. The topological polar surface area (TPSA) is 107 Å². The molecule has 1 amide bonds. The van der Waals surface area contributed by atoms with Gasteiger partial charge in [-0.05, 0) is 29.5 Å². The quantitative estimate of drug-likeness (QED) is 0.706. The number of hydrogen-bond donors (Lipinski definition) is 2. The molecule has 0 saturated carbocycles. The number of carbonyl (C=O) groups is 1. The fourth-order valence-electron chi connectivity index (χ4n) is 3.31. The van der Waals surface area contributed by atoms with Crippen molar-refractivity contribution < 1.29 is 4.79 Å². The Morgan fingerprint density at radius 3 is 2.39 bits per heavy atom. The van der Waals surface area contributed by atoms with E-state index in [4.69, 9.17) is 5.73 Å². The van der Waals surface area contributed by atoms with E-state index in [-0.39, 0.29) is 28.2 Å². The van der Waals surface area contributed by atoms with Crippen LogP contribution in [0.4, 0.5) is 0 Å². The van der Waals surface area contributed by atoms with E-state index < -0.39 is 5.91 Å². The number of hydrogen-bond acceptors (Lipinski definition) is 4. The summed E-state index contributed by atoms with van der Waals surface area (Å²) in [6, 6.07) is 7.77. The maximum absolute atomic E-state index is 12.7. The van der Waals surface area contributed by atoms with E-state index >= 15 is 0 Å². The fraction of sp³-hybridized carbons (Fsp3) is 0.429. The van der Waals surface area contributed by atoms with Gasteiger partial charge in [-0.3, -0.25) is 4.79 Å². The number of nitrogens with zero attached hydrogens (tertiary/aromatic N) is 3. The molecule has 0 aliphatic carbocycles. The minimum absolute atomic E-state index is 0.00771. The number of H-pyrrole nitrogens is 1. The Morgan fingerprint density at radius 1 is 1.21 bits per heavy atom. The molecule has 2 heterocycles. The Labute approximate surface area is 164 Å². The second kappa shape index (κ2) is 7.22. The van der Waals surface area contributed by atoms with Crippen LogP contribution in [0.2, 0.25) is 0 Å². The maximum atomic E-state index is 12.7. The number of aromatic nitrogens is 4. The summed E-state index contributed by atoms with van der Waals surface area (Å²) in [5.41, 5.74) is 7.68.